The highest BCUT2D eigenvalue weighted by molar-refractivity contribution is 6.37. The summed E-state index contributed by atoms with van der Waals surface area (Å²) in [5, 5.41) is 0. The van der Waals surface area contributed by atoms with E-state index in [0.717, 1.165) is 30.3 Å². The molecule has 6 nitrogen and oxygen atoms in total. The molecule has 1 aliphatic carbocycles. The number of alkyl halides is 3. The molecule has 6 rings (SSSR count). The average molecular weight is 509 g/mol. The van der Waals surface area contributed by atoms with E-state index in [-0.39, 0.29) is 16.7 Å². The molecule has 0 radical (unpaired) electrons. The molecule has 2 heterocycles. The molecule has 2 amide bonds. The fraction of sp³-hybridized carbons (Fsp3) is 0.185. The largest absolute Gasteiger partial charge is 0.418 e. The molecule has 2 fully saturated rings. The highest BCUT2D eigenvalue weighted by Gasteiger charge is 2.75. The third-order valence-corrected chi connectivity index (χ3v) is 7.17. The number of fused-ring (bicyclic) bond motifs is 3. The number of hydrogen-bond donors (Lipinski definition) is 0. The monoisotopic (exact) mass is 509 g/mol. The summed E-state index contributed by atoms with van der Waals surface area (Å²) in [7, 11) is 0. The Morgan fingerprint density at radius 3 is 1.92 bits per heavy atom. The number of nitrogens with zero attached hydrogens (tertiary/aromatic N) is 1. The van der Waals surface area contributed by atoms with Crippen LogP contribution in [0.2, 0.25) is 0 Å². The maximum atomic E-state index is 13.8. The van der Waals surface area contributed by atoms with Crippen molar-refractivity contribution in [2.24, 2.45) is 11.8 Å². The maximum Gasteiger partial charge on any atom is 0.418 e. The number of para-hydroxylation sites is 1. The van der Waals surface area contributed by atoms with E-state index in [2.05, 4.69) is 0 Å². The van der Waals surface area contributed by atoms with Crippen molar-refractivity contribution in [1.29, 1.82) is 0 Å². The van der Waals surface area contributed by atoms with E-state index in [9.17, 15) is 36.7 Å². The van der Waals surface area contributed by atoms with Crippen LogP contribution in [0, 0.1) is 17.7 Å². The zero-order chi connectivity index (χ0) is 26.3. The molecule has 0 aromatic heterocycles. The summed E-state index contributed by atoms with van der Waals surface area (Å²) >= 11 is 0. The summed E-state index contributed by atoms with van der Waals surface area (Å²) < 4.78 is 61.1. The van der Waals surface area contributed by atoms with E-state index in [0.29, 0.717) is 4.90 Å². The van der Waals surface area contributed by atoms with E-state index in [1.165, 1.54) is 42.5 Å². The van der Waals surface area contributed by atoms with Crippen molar-refractivity contribution in [2.45, 2.75) is 17.9 Å². The topological polar surface area (TPSA) is 80.8 Å². The number of hydrogen-bond acceptors (Lipinski definition) is 5. The highest BCUT2D eigenvalue weighted by atomic mass is 19.4. The van der Waals surface area contributed by atoms with Gasteiger partial charge in [-0.1, -0.05) is 48.5 Å². The van der Waals surface area contributed by atoms with Crippen LogP contribution in [-0.4, -0.2) is 29.0 Å². The SMILES string of the molecule is O=C1[C@H]2[C@H](c3ccc(F)cc3)OC3(C(=O)c4ccccc4C3=O)[C@H]2C(=O)N1c1ccccc1C(F)(F)F. The lowest BCUT2D eigenvalue weighted by Gasteiger charge is -2.28. The van der Waals surface area contributed by atoms with Crippen LogP contribution in [0.15, 0.2) is 72.8 Å². The smallest absolute Gasteiger partial charge is 0.349 e. The fourth-order valence-corrected chi connectivity index (χ4v) is 5.62. The summed E-state index contributed by atoms with van der Waals surface area (Å²) in [6.07, 6.45) is -6.26. The lowest BCUT2D eigenvalue weighted by molar-refractivity contribution is -0.137. The van der Waals surface area contributed by atoms with Crippen LogP contribution in [0.25, 0.3) is 0 Å². The Bertz CT molecular complexity index is 1480. The molecule has 1 spiro atoms. The first-order valence-electron chi connectivity index (χ1n) is 11.2. The van der Waals surface area contributed by atoms with Gasteiger partial charge in [0.1, 0.15) is 5.82 Å². The molecule has 0 saturated carbocycles. The Balaban J connectivity index is 1.56. The van der Waals surface area contributed by atoms with Crippen molar-refractivity contribution in [3.63, 3.8) is 0 Å². The van der Waals surface area contributed by atoms with Crippen molar-refractivity contribution < 1.29 is 41.5 Å². The molecular weight excluding hydrogens is 494 g/mol. The third-order valence-electron chi connectivity index (χ3n) is 7.17. The molecule has 2 aliphatic heterocycles. The van der Waals surface area contributed by atoms with E-state index in [4.69, 9.17) is 4.74 Å². The molecule has 186 valence electrons. The summed E-state index contributed by atoms with van der Waals surface area (Å²) in [5.74, 6) is -7.71. The number of rotatable bonds is 2. The average Bonchev–Trinajstić information content (AvgIpc) is 3.44. The first-order valence-corrected chi connectivity index (χ1v) is 11.2. The molecule has 0 unspecified atom stereocenters. The van der Waals surface area contributed by atoms with Gasteiger partial charge in [-0.25, -0.2) is 9.29 Å². The van der Waals surface area contributed by atoms with Crippen molar-refractivity contribution in [2.75, 3.05) is 4.90 Å². The van der Waals surface area contributed by atoms with Crippen LogP contribution in [0.1, 0.15) is 37.9 Å². The summed E-state index contributed by atoms with van der Waals surface area (Å²) in [6, 6.07) is 14.6. The summed E-state index contributed by atoms with van der Waals surface area (Å²) in [5.41, 5.74) is -4.21. The Morgan fingerprint density at radius 2 is 1.32 bits per heavy atom. The number of carbonyl (C=O) groups is 4. The number of carbonyl (C=O) groups excluding carboxylic acids is 4. The molecular formula is C27H15F4NO5. The second-order valence-corrected chi connectivity index (χ2v) is 9.06. The molecule has 37 heavy (non-hydrogen) atoms. The Morgan fingerprint density at radius 1 is 0.757 bits per heavy atom. The lowest BCUT2D eigenvalue weighted by Crippen LogP contribution is -2.51. The van der Waals surface area contributed by atoms with Crippen LogP contribution < -0.4 is 4.90 Å². The Hall–Kier alpha value is -4.18. The van der Waals surface area contributed by atoms with Crippen molar-refractivity contribution in [3.8, 4) is 0 Å². The quantitative estimate of drug-likeness (QED) is 0.288. The Kier molecular flexibility index (Phi) is 4.81. The number of benzene rings is 3. The van der Waals surface area contributed by atoms with Crippen LogP contribution in [0.4, 0.5) is 23.2 Å². The van der Waals surface area contributed by atoms with Crippen molar-refractivity contribution >= 4 is 29.1 Å². The minimum atomic E-state index is -4.89. The van der Waals surface area contributed by atoms with Gasteiger partial charge in [0.15, 0.2) is 0 Å². The van der Waals surface area contributed by atoms with Gasteiger partial charge < -0.3 is 4.74 Å². The van der Waals surface area contributed by atoms with Gasteiger partial charge in [0.25, 0.3) is 0 Å². The molecule has 0 N–H and O–H groups in total. The second-order valence-electron chi connectivity index (χ2n) is 9.06. The minimum absolute atomic E-state index is 0.0135. The van der Waals surface area contributed by atoms with Gasteiger partial charge in [0.05, 0.1) is 29.2 Å². The van der Waals surface area contributed by atoms with Crippen molar-refractivity contribution in [3.05, 3.63) is 101 Å². The van der Waals surface area contributed by atoms with Gasteiger partial charge in [0, 0.05) is 11.1 Å². The molecule has 3 aromatic rings. The third kappa shape index (κ3) is 3.02. The normalized spacial score (nSPS) is 24.2. The second kappa shape index (κ2) is 7.66. The number of halogens is 4. The number of imide groups is 1. The van der Waals surface area contributed by atoms with Gasteiger partial charge in [-0.15, -0.1) is 0 Å². The van der Waals surface area contributed by atoms with Gasteiger partial charge in [-0.05, 0) is 29.8 Å². The molecule has 3 aromatic carbocycles. The predicted octanol–water partition coefficient (Wildman–Crippen LogP) is 4.54. The molecule has 2 saturated heterocycles. The molecule has 0 bridgehead atoms. The zero-order valence-corrected chi connectivity index (χ0v) is 18.7. The first-order chi connectivity index (χ1) is 17.6. The predicted molar refractivity (Wildman–Crippen MR) is 119 cm³/mol. The molecule has 3 aliphatic rings. The van der Waals surface area contributed by atoms with Gasteiger partial charge >= 0.3 is 6.18 Å². The Labute approximate surface area is 206 Å². The number of ketones is 2. The van der Waals surface area contributed by atoms with Crippen LogP contribution >= 0.6 is 0 Å². The molecule has 3 atom stereocenters. The van der Waals surface area contributed by atoms with Crippen LogP contribution in [0.5, 0.6) is 0 Å². The highest BCUT2D eigenvalue weighted by Crippen LogP contribution is 2.58. The number of amides is 2. The minimum Gasteiger partial charge on any atom is -0.349 e. The van der Waals surface area contributed by atoms with Crippen LogP contribution in [0.3, 0.4) is 0 Å². The lowest BCUT2D eigenvalue weighted by atomic mass is 9.77. The van der Waals surface area contributed by atoms with Gasteiger partial charge in [0.2, 0.25) is 29.0 Å². The van der Waals surface area contributed by atoms with Gasteiger partial charge in [-0.3, -0.25) is 19.2 Å². The molecule has 10 heteroatoms. The first kappa shape index (κ1) is 23.2. The summed E-state index contributed by atoms with van der Waals surface area (Å²) in [6.45, 7) is 0. The van der Waals surface area contributed by atoms with E-state index in [1.807, 2.05) is 0 Å². The van der Waals surface area contributed by atoms with E-state index in [1.54, 1.807) is 0 Å². The maximum absolute atomic E-state index is 13.8. The number of anilines is 1. The van der Waals surface area contributed by atoms with Crippen LogP contribution in [-0.2, 0) is 20.5 Å². The zero-order valence-electron chi connectivity index (χ0n) is 18.7. The van der Waals surface area contributed by atoms with Crippen molar-refractivity contribution in [1.82, 2.24) is 0 Å². The standard InChI is InChI=1S/C27H15F4NO5/c28-14-11-9-13(10-12-14)21-19-20(26(37-21)22(33)15-5-1-2-6-16(15)23(26)34)25(36)32(24(19)35)18-8-4-3-7-17(18)27(29,30)31/h1-12,19-21H/t19-,20-,21+/m1/s1. The number of ether oxygens (including phenoxy) is 1. The number of Topliss-reactive ketones (excluding diaryl/α,β-unsaturated/α-hetero) is 2. The van der Waals surface area contributed by atoms with Gasteiger partial charge in [-0.2, -0.15) is 13.2 Å². The summed E-state index contributed by atoms with van der Waals surface area (Å²) in [4.78, 5) is 55.2. The van der Waals surface area contributed by atoms with E-state index < -0.39 is 70.2 Å². The fourth-order valence-electron chi connectivity index (χ4n) is 5.62. The van der Waals surface area contributed by atoms with E-state index >= 15 is 0 Å².